The van der Waals surface area contributed by atoms with Crippen LogP contribution in [-0.2, 0) is 28.2 Å². The molecule has 0 atom stereocenters. The zero-order valence-electron chi connectivity index (χ0n) is 25.8. The number of aryl methyl sites for hydroxylation is 2. The Bertz CT molecular complexity index is 1830. The number of hydrogen-bond donors (Lipinski definition) is 2. The van der Waals surface area contributed by atoms with Gasteiger partial charge in [0, 0.05) is 41.8 Å². The Hall–Kier alpha value is -4.31. The van der Waals surface area contributed by atoms with Gasteiger partial charge in [0.15, 0.2) is 0 Å². The van der Waals surface area contributed by atoms with E-state index in [1.807, 2.05) is 34.7 Å². The molecule has 2 amide bonds. The lowest BCUT2D eigenvalue weighted by Crippen LogP contribution is -2.31. The van der Waals surface area contributed by atoms with Gasteiger partial charge in [0.05, 0.1) is 16.0 Å². The number of anilines is 1. The summed E-state index contributed by atoms with van der Waals surface area (Å²) in [6.07, 6.45) is 5.33. The molecule has 4 aromatic rings. The molecular weight excluding hydrogens is 543 g/mol. The fraction of sp³-hybridized carbons (Fsp3) is 0.290. The third kappa shape index (κ3) is 6.22. The van der Waals surface area contributed by atoms with E-state index < -0.39 is 29.1 Å². The lowest BCUT2D eigenvalue weighted by Gasteiger charge is -2.13. The first-order valence-electron chi connectivity index (χ1n) is 14.8. The summed E-state index contributed by atoms with van der Waals surface area (Å²) in [6, 6.07) is 15.9. The molecule has 1 aromatic heterocycles. The van der Waals surface area contributed by atoms with Gasteiger partial charge in [-0.15, -0.1) is 0 Å². The average Bonchev–Trinajstić information content (AvgIpc) is 3.56. The summed E-state index contributed by atoms with van der Waals surface area (Å²) in [5, 5.41) is 3.61. The topological polar surface area (TPSA) is 116 Å². The van der Waals surface area contributed by atoms with Crippen molar-refractivity contribution in [3.63, 3.8) is 0 Å². The largest absolute Gasteiger partial charge is 0.496 e. The standard InChI is InChI=1S/C31H33N3O6S/c1-20-8-4-7-11-29(20)41(37,38)33-30(35)22-13-12-21(28(17-22)39-3)16-23-19-34(2)27-15-14-24(18-26(23)27)32-31(36)40-25-9-5-6-10-25/h4,7-8,11-15,17-19,25H,5-6,9-10,16H2,1-3H3,(H,32,36)(H,33,35)/i3+1D3. The van der Waals surface area contributed by atoms with Crippen LogP contribution in [0.5, 0.6) is 5.75 Å². The molecule has 41 heavy (non-hydrogen) atoms. The average molecular weight is 580 g/mol. The second-order valence-corrected chi connectivity index (χ2v) is 11.9. The highest BCUT2D eigenvalue weighted by Gasteiger charge is 2.22. The quantitative estimate of drug-likeness (QED) is 0.259. The summed E-state index contributed by atoms with van der Waals surface area (Å²) in [6.45, 7) is 1.62. The minimum absolute atomic E-state index is 0.0412. The predicted octanol–water partition coefficient (Wildman–Crippen LogP) is 5.70. The molecule has 1 aliphatic carbocycles. The molecule has 1 fully saturated rings. The fourth-order valence-corrected chi connectivity index (χ4v) is 6.45. The van der Waals surface area contributed by atoms with Crippen molar-refractivity contribution in [1.82, 2.24) is 9.29 Å². The molecule has 1 aliphatic rings. The van der Waals surface area contributed by atoms with Crippen LogP contribution < -0.4 is 14.8 Å². The van der Waals surface area contributed by atoms with Crippen molar-refractivity contribution in [2.24, 2.45) is 7.05 Å². The summed E-state index contributed by atoms with van der Waals surface area (Å²) in [5.41, 5.74) is 3.08. The monoisotopic (exact) mass is 579 g/mol. The number of carbonyl (C=O) groups is 2. The molecule has 0 spiro atoms. The molecule has 1 saturated carbocycles. The highest BCUT2D eigenvalue weighted by Crippen LogP contribution is 2.30. The van der Waals surface area contributed by atoms with E-state index in [1.165, 1.54) is 24.3 Å². The molecule has 2 N–H and O–H groups in total. The first-order chi connectivity index (χ1) is 20.8. The summed E-state index contributed by atoms with van der Waals surface area (Å²) in [5.74, 6) is -1.02. The van der Waals surface area contributed by atoms with E-state index in [1.54, 1.807) is 31.2 Å². The number of aromatic nitrogens is 1. The number of sulfonamides is 1. The van der Waals surface area contributed by atoms with Crippen LogP contribution in [0.25, 0.3) is 10.9 Å². The Morgan fingerprint density at radius 3 is 2.59 bits per heavy atom. The Morgan fingerprint density at radius 2 is 1.83 bits per heavy atom. The van der Waals surface area contributed by atoms with E-state index in [4.69, 9.17) is 13.6 Å². The highest BCUT2D eigenvalue weighted by molar-refractivity contribution is 7.90. The molecular formula is C31H33N3O6S. The first-order valence-corrected chi connectivity index (χ1v) is 14.8. The molecule has 0 bridgehead atoms. The van der Waals surface area contributed by atoms with Crippen molar-refractivity contribution in [3.8, 4) is 5.75 Å². The molecule has 0 unspecified atom stereocenters. The summed E-state index contributed by atoms with van der Waals surface area (Å²) < 4.78 is 63.5. The lowest BCUT2D eigenvalue weighted by atomic mass is 10.0. The molecule has 0 aliphatic heterocycles. The smallest absolute Gasteiger partial charge is 0.411 e. The van der Waals surface area contributed by atoms with Gasteiger partial charge in [0.1, 0.15) is 11.9 Å². The normalized spacial score (nSPS) is 15.1. The van der Waals surface area contributed by atoms with Gasteiger partial charge < -0.3 is 14.0 Å². The van der Waals surface area contributed by atoms with Crippen molar-refractivity contribution in [2.45, 2.75) is 50.0 Å². The number of rotatable bonds is 8. The molecule has 10 heteroatoms. The van der Waals surface area contributed by atoms with Gasteiger partial charge in [-0.25, -0.2) is 17.9 Å². The minimum Gasteiger partial charge on any atom is -0.496 e. The van der Waals surface area contributed by atoms with Gasteiger partial charge in [-0.2, -0.15) is 0 Å². The van der Waals surface area contributed by atoms with Gasteiger partial charge in [-0.1, -0.05) is 24.3 Å². The van der Waals surface area contributed by atoms with Gasteiger partial charge in [-0.05, 0) is 85.7 Å². The number of amides is 2. The van der Waals surface area contributed by atoms with Crippen molar-refractivity contribution in [1.29, 1.82) is 0 Å². The molecule has 3 aromatic carbocycles. The molecule has 0 saturated heterocycles. The number of nitrogens with one attached hydrogen (secondary N) is 2. The van der Waals surface area contributed by atoms with E-state index in [0.29, 0.717) is 16.8 Å². The van der Waals surface area contributed by atoms with E-state index in [0.717, 1.165) is 42.1 Å². The Balaban J connectivity index is 1.41. The number of fused-ring (bicyclic) bond motifs is 1. The number of ether oxygens (including phenoxy) is 2. The maximum atomic E-state index is 13.0. The number of benzene rings is 3. The van der Waals surface area contributed by atoms with Crippen LogP contribution in [0.1, 0.15) is 56.8 Å². The number of hydrogen-bond acceptors (Lipinski definition) is 6. The second kappa shape index (κ2) is 11.7. The number of carbonyl (C=O) groups excluding carboxylic acids is 2. The molecule has 1 heterocycles. The number of nitrogens with zero attached hydrogens (tertiary/aromatic N) is 1. The van der Waals surface area contributed by atoms with Crippen molar-refractivity contribution in [2.75, 3.05) is 12.4 Å². The highest BCUT2D eigenvalue weighted by atomic mass is 32.2. The maximum absolute atomic E-state index is 13.0. The van der Waals surface area contributed by atoms with E-state index in [2.05, 4.69) is 5.32 Å². The van der Waals surface area contributed by atoms with Gasteiger partial charge in [-0.3, -0.25) is 10.1 Å². The minimum atomic E-state index is -4.18. The van der Waals surface area contributed by atoms with Crippen molar-refractivity contribution >= 4 is 38.6 Å². The third-order valence-corrected chi connectivity index (χ3v) is 8.82. The Morgan fingerprint density at radius 1 is 1.05 bits per heavy atom. The Kier molecular flexibility index (Phi) is 6.96. The fourth-order valence-electron chi connectivity index (χ4n) is 5.23. The molecule has 0 radical (unpaired) electrons. The van der Waals surface area contributed by atoms with Crippen LogP contribution in [0.4, 0.5) is 10.5 Å². The zero-order chi connectivity index (χ0) is 31.6. The van der Waals surface area contributed by atoms with Crippen LogP contribution in [0.2, 0.25) is 0 Å². The molecule has 9 nitrogen and oxygen atoms in total. The maximum Gasteiger partial charge on any atom is 0.411 e. The van der Waals surface area contributed by atoms with Crippen LogP contribution in [0, 0.1) is 6.92 Å². The van der Waals surface area contributed by atoms with Gasteiger partial charge in [0.2, 0.25) is 0 Å². The number of methoxy groups -OCH3 is 1. The van der Waals surface area contributed by atoms with Crippen LogP contribution in [0.15, 0.2) is 71.8 Å². The van der Waals surface area contributed by atoms with Crippen LogP contribution in [0.3, 0.4) is 0 Å². The SMILES string of the molecule is [2H][13C]([2H])([2H])Oc1cc(C(=O)NS(=O)(=O)c2ccccc2C)ccc1Cc1cn(C)c2ccc(NC(=O)OC3CCCC3)cc12. The van der Waals surface area contributed by atoms with Crippen LogP contribution >= 0.6 is 0 Å². The third-order valence-electron chi connectivity index (χ3n) is 7.32. The van der Waals surface area contributed by atoms with E-state index in [-0.39, 0.29) is 28.7 Å². The summed E-state index contributed by atoms with van der Waals surface area (Å²) in [4.78, 5) is 25.4. The van der Waals surface area contributed by atoms with Crippen molar-refractivity contribution in [3.05, 3.63) is 89.1 Å². The van der Waals surface area contributed by atoms with Gasteiger partial charge >= 0.3 is 6.09 Å². The zero-order valence-corrected chi connectivity index (χ0v) is 23.6. The Labute approximate surface area is 243 Å². The van der Waals surface area contributed by atoms with E-state index >= 15 is 0 Å². The molecule has 5 rings (SSSR count). The van der Waals surface area contributed by atoms with Crippen LogP contribution in [-0.4, -0.2) is 38.1 Å². The first kappa shape index (κ1) is 24.5. The second-order valence-electron chi connectivity index (χ2n) is 10.2. The summed E-state index contributed by atoms with van der Waals surface area (Å²) in [7, 11) is -5.14. The molecule has 214 valence electrons. The predicted molar refractivity (Wildman–Crippen MR) is 157 cm³/mol. The van der Waals surface area contributed by atoms with Crippen molar-refractivity contribution < 1.29 is 31.6 Å². The van der Waals surface area contributed by atoms with E-state index in [9.17, 15) is 18.0 Å². The summed E-state index contributed by atoms with van der Waals surface area (Å²) >= 11 is 0. The van der Waals surface area contributed by atoms with Gasteiger partial charge in [0.25, 0.3) is 15.9 Å². The lowest BCUT2D eigenvalue weighted by molar-refractivity contribution is 0.0980.